The van der Waals surface area contributed by atoms with Crippen LogP contribution in [-0.2, 0) is 13.0 Å². The van der Waals surface area contributed by atoms with Crippen molar-refractivity contribution in [3.05, 3.63) is 16.0 Å². The van der Waals surface area contributed by atoms with E-state index in [4.69, 9.17) is 0 Å². The van der Waals surface area contributed by atoms with Gasteiger partial charge in [0.15, 0.2) is 0 Å². The summed E-state index contributed by atoms with van der Waals surface area (Å²) < 4.78 is 0. The number of rotatable bonds is 2. The Bertz CT molecular complexity index is 503. The molecule has 96 valence electrons. The van der Waals surface area contributed by atoms with Crippen LogP contribution in [0.4, 0.5) is 9.80 Å². The van der Waals surface area contributed by atoms with Gasteiger partial charge in [0, 0.05) is 25.0 Å². The summed E-state index contributed by atoms with van der Waals surface area (Å²) in [5.74, 6) is 0. The topological polar surface area (TPSA) is 68.2 Å². The number of nitrogens with one attached hydrogen (secondary N) is 2. The monoisotopic (exact) mass is 264 g/mol. The van der Waals surface area contributed by atoms with E-state index in [9.17, 15) is 10.1 Å². The molecule has 0 fully saturated rings. The SMILES string of the molecule is CCN(C)C(=O)Nc1sc2c(c1C#N)CCNC2. The van der Waals surface area contributed by atoms with Crippen molar-refractivity contribution in [1.29, 1.82) is 5.26 Å². The number of hydrogen-bond acceptors (Lipinski definition) is 4. The third kappa shape index (κ3) is 2.33. The Kier molecular flexibility index (Phi) is 3.84. The summed E-state index contributed by atoms with van der Waals surface area (Å²) >= 11 is 1.50. The molecule has 0 atom stereocenters. The molecule has 0 aromatic carbocycles. The summed E-state index contributed by atoms with van der Waals surface area (Å²) in [6, 6.07) is 2.05. The normalized spacial score (nSPS) is 13.6. The molecule has 0 radical (unpaired) electrons. The van der Waals surface area contributed by atoms with Crippen LogP contribution in [0.5, 0.6) is 0 Å². The van der Waals surface area contributed by atoms with Crippen LogP contribution in [0.3, 0.4) is 0 Å². The smallest absolute Gasteiger partial charge is 0.322 e. The molecular weight excluding hydrogens is 248 g/mol. The molecule has 2 rings (SSSR count). The van der Waals surface area contributed by atoms with E-state index in [2.05, 4.69) is 16.7 Å². The summed E-state index contributed by atoms with van der Waals surface area (Å²) in [6.07, 6.45) is 0.855. The Labute approximate surface area is 110 Å². The van der Waals surface area contributed by atoms with Crippen LogP contribution in [0.15, 0.2) is 0 Å². The molecule has 1 aliphatic rings. The molecule has 2 heterocycles. The molecule has 1 aromatic heterocycles. The fraction of sp³-hybridized carbons (Fsp3) is 0.500. The quantitative estimate of drug-likeness (QED) is 0.855. The summed E-state index contributed by atoms with van der Waals surface area (Å²) in [5.41, 5.74) is 1.73. The minimum atomic E-state index is -0.166. The largest absolute Gasteiger partial charge is 0.328 e. The molecule has 2 amide bonds. The van der Waals surface area contributed by atoms with Gasteiger partial charge in [-0.05, 0) is 25.5 Å². The van der Waals surface area contributed by atoms with Gasteiger partial charge >= 0.3 is 6.03 Å². The number of carbonyl (C=O) groups excluding carboxylic acids is 1. The number of anilines is 1. The fourth-order valence-corrected chi connectivity index (χ4v) is 3.03. The van der Waals surface area contributed by atoms with E-state index in [1.165, 1.54) is 11.3 Å². The van der Waals surface area contributed by atoms with E-state index in [1.807, 2.05) is 6.92 Å². The molecule has 6 heteroatoms. The summed E-state index contributed by atoms with van der Waals surface area (Å²) in [7, 11) is 1.73. The Morgan fingerprint density at radius 2 is 2.44 bits per heavy atom. The molecule has 0 saturated heterocycles. The van der Waals surface area contributed by atoms with E-state index >= 15 is 0 Å². The summed E-state index contributed by atoms with van der Waals surface area (Å²) in [6.45, 7) is 4.23. The maximum absolute atomic E-state index is 11.8. The highest BCUT2D eigenvalue weighted by molar-refractivity contribution is 7.16. The molecule has 5 nitrogen and oxygen atoms in total. The van der Waals surface area contributed by atoms with Crippen LogP contribution in [0, 0.1) is 11.3 Å². The second-order valence-corrected chi connectivity index (χ2v) is 5.30. The minimum absolute atomic E-state index is 0.166. The van der Waals surface area contributed by atoms with Gasteiger partial charge in [0.25, 0.3) is 0 Å². The summed E-state index contributed by atoms with van der Waals surface area (Å²) in [4.78, 5) is 14.6. The van der Waals surface area contributed by atoms with Crippen molar-refractivity contribution < 1.29 is 4.79 Å². The van der Waals surface area contributed by atoms with Gasteiger partial charge in [0.2, 0.25) is 0 Å². The van der Waals surface area contributed by atoms with Crippen molar-refractivity contribution in [2.24, 2.45) is 0 Å². The van der Waals surface area contributed by atoms with E-state index < -0.39 is 0 Å². The fourth-order valence-electron chi connectivity index (χ4n) is 1.88. The van der Waals surface area contributed by atoms with E-state index in [1.54, 1.807) is 11.9 Å². The molecule has 1 aliphatic heterocycles. The Balaban J connectivity index is 2.26. The van der Waals surface area contributed by atoms with Gasteiger partial charge < -0.3 is 10.2 Å². The predicted molar refractivity (Wildman–Crippen MR) is 71.8 cm³/mol. The number of nitriles is 1. The van der Waals surface area contributed by atoms with Crippen LogP contribution in [0.2, 0.25) is 0 Å². The Morgan fingerprint density at radius 3 is 3.11 bits per heavy atom. The molecule has 0 saturated carbocycles. The maximum Gasteiger partial charge on any atom is 0.322 e. The lowest BCUT2D eigenvalue weighted by molar-refractivity contribution is 0.225. The van der Waals surface area contributed by atoms with Gasteiger partial charge in [0.1, 0.15) is 11.1 Å². The highest BCUT2D eigenvalue weighted by atomic mass is 32.1. The van der Waals surface area contributed by atoms with E-state index in [0.29, 0.717) is 17.1 Å². The average Bonchev–Trinajstić information content (AvgIpc) is 2.74. The van der Waals surface area contributed by atoms with Crippen molar-refractivity contribution in [1.82, 2.24) is 10.2 Å². The van der Waals surface area contributed by atoms with Gasteiger partial charge in [-0.2, -0.15) is 5.26 Å². The number of carbonyl (C=O) groups is 1. The lowest BCUT2D eigenvalue weighted by Gasteiger charge is -2.14. The van der Waals surface area contributed by atoms with Gasteiger partial charge in [-0.1, -0.05) is 0 Å². The predicted octanol–water partition coefficient (Wildman–Crippen LogP) is 1.75. The van der Waals surface area contributed by atoms with Crippen LogP contribution in [0.1, 0.15) is 22.9 Å². The molecule has 0 unspecified atom stereocenters. The number of thiophene rings is 1. The van der Waals surface area contributed by atoms with E-state index in [-0.39, 0.29) is 6.03 Å². The molecule has 2 N–H and O–H groups in total. The first-order valence-electron chi connectivity index (χ1n) is 5.94. The summed E-state index contributed by atoms with van der Waals surface area (Å²) in [5, 5.41) is 16.0. The van der Waals surface area contributed by atoms with Crippen molar-refractivity contribution in [2.75, 3.05) is 25.5 Å². The van der Waals surface area contributed by atoms with E-state index in [0.717, 1.165) is 30.0 Å². The zero-order valence-electron chi connectivity index (χ0n) is 10.5. The van der Waals surface area contributed by atoms with Crippen molar-refractivity contribution >= 4 is 22.4 Å². The number of urea groups is 1. The zero-order chi connectivity index (χ0) is 13.1. The van der Waals surface area contributed by atoms with Crippen LogP contribution >= 0.6 is 11.3 Å². The minimum Gasteiger partial charge on any atom is -0.328 e. The first kappa shape index (κ1) is 12.9. The van der Waals surface area contributed by atoms with Crippen molar-refractivity contribution in [3.8, 4) is 6.07 Å². The number of nitrogens with zero attached hydrogens (tertiary/aromatic N) is 2. The van der Waals surface area contributed by atoms with Crippen molar-refractivity contribution in [2.45, 2.75) is 19.9 Å². The van der Waals surface area contributed by atoms with Crippen LogP contribution in [-0.4, -0.2) is 31.1 Å². The first-order chi connectivity index (χ1) is 8.67. The number of amides is 2. The lowest BCUT2D eigenvalue weighted by Crippen LogP contribution is -2.30. The second-order valence-electron chi connectivity index (χ2n) is 4.19. The maximum atomic E-state index is 11.8. The van der Waals surface area contributed by atoms with Crippen LogP contribution < -0.4 is 10.6 Å². The third-order valence-corrected chi connectivity index (χ3v) is 4.23. The molecule has 0 bridgehead atoms. The van der Waals surface area contributed by atoms with Gasteiger partial charge in [-0.15, -0.1) is 11.3 Å². The second kappa shape index (κ2) is 5.38. The number of hydrogen-bond donors (Lipinski definition) is 2. The third-order valence-electron chi connectivity index (χ3n) is 3.08. The molecular formula is C12H16N4OS. The molecule has 0 aliphatic carbocycles. The first-order valence-corrected chi connectivity index (χ1v) is 6.76. The average molecular weight is 264 g/mol. The van der Waals surface area contributed by atoms with Gasteiger partial charge in [-0.3, -0.25) is 5.32 Å². The zero-order valence-corrected chi connectivity index (χ0v) is 11.4. The Hall–Kier alpha value is -1.58. The highest BCUT2D eigenvalue weighted by Crippen LogP contribution is 2.34. The highest BCUT2D eigenvalue weighted by Gasteiger charge is 2.22. The molecule has 18 heavy (non-hydrogen) atoms. The lowest BCUT2D eigenvalue weighted by atomic mass is 10.1. The van der Waals surface area contributed by atoms with Crippen LogP contribution in [0.25, 0.3) is 0 Å². The Morgan fingerprint density at radius 1 is 1.67 bits per heavy atom. The standard InChI is InChI=1S/C12H16N4OS/c1-3-16(2)12(17)15-11-9(6-13)8-4-5-14-7-10(8)18-11/h14H,3-5,7H2,1-2H3,(H,15,17). The number of fused-ring (bicyclic) bond motifs is 1. The molecule has 1 aromatic rings. The van der Waals surface area contributed by atoms with Gasteiger partial charge in [0.05, 0.1) is 5.56 Å². The van der Waals surface area contributed by atoms with Gasteiger partial charge in [-0.25, -0.2) is 4.79 Å². The van der Waals surface area contributed by atoms with Crippen molar-refractivity contribution in [3.63, 3.8) is 0 Å². The molecule has 0 spiro atoms.